The molecule has 0 saturated carbocycles. The smallest absolute Gasteiger partial charge is 0.178 e. The van der Waals surface area contributed by atoms with Gasteiger partial charge in [-0.05, 0) is 8.57 Å². The molecular formula is C17H44OSi5. The first kappa shape index (κ1) is 22.1. The lowest BCUT2D eigenvalue weighted by molar-refractivity contribution is 0.408. The minimum Gasteiger partial charge on any atom is -0.423 e. The summed E-state index contributed by atoms with van der Waals surface area (Å²) in [5.41, 5.74) is 0. The van der Waals surface area contributed by atoms with E-state index < -0.39 is 41.3 Å². The summed E-state index contributed by atoms with van der Waals surface area (Å²) in [7, 11) is -4.40. The maximum Gasteiger partial charge on any atom is 0.178 e. The van der Waals surface area contributed by atoms with Gasteiger partial charge >= 0.3 is 0 Å². The summed E-state index contributed by atoms with van der Waals surface area (Å²) in [4.78, 5) is 0. The predicted octanol–water partition coefficient (Wildman–Crippen LogP) is 6.14. The van der Waals surface area contributed by atoms with Gasteiger partial charge in [0, 0.05) is 39.4 Å². The van der Waals surface area contributed by atoms with Crippen LogP contribution < -0.4 is 0 Å². The summed E-state index contributed by atoms with van der Waals surface area (Å²) < 4.78 is 8.02. The highest BCUT2D eigenvalue weighted by atomic mass is 28.5. The van der Waals surface area contributed by atoms with Crippen LogP contribution in [0.25, 0.3) is 0 Å². The quantitative estimate of drug-likeness (QED) is 0.500. The van der Waals surface area contributed by atoms with Crippen molar-refractivity contribution >= 4 is 41.3 Å². The standard InChI is InChI=1S/C17H44OSi5/c1-18-19-16(20(2,3)4,21(5,6)7)14-15-17(19,22(8,9)10)23(11,12)13/h19H,14-15H2,1-13H3. The second-order valence-electron chi connectivity index (χ2n) is 12.1. The van der Waals surface area contributed by atoms with Crippen molar-refractivity contribution in [3.8, 4) is 0 Å². The molecule has 23 heavy (non-hydrogen) atoms. The molecule has 0 aliphatic carbocycles. The molecule has 0 spiro atoms. The third-order valence-corrected chi connectivity index (χ3v) is 44.5. The first-order chi connectivity index (χ1) is 9.90. The van der Waals surface area contributed by atoms with Crippen molar-refractivity contribution in [2.45, 2.75) is 100.0 Å². The summed E-state index contributed by atoms with van der Waals surface area (Å²) in [6.07, 6.45) is 3.00. The number of hydrogen-bond acceptors (Lipinski definition) is 1. The van der Waals surface area contributed by atoms with E-state index >= 15 is 0 Å². The Morgan fingerprint density at radius 2 is 0.783 bits per heavy atom. The van der Waals surface area contributed by atoms with Crippen LogP contribution in [0, 0.1) is 0 Å². The minimum atomic E-state index is -1.31. The second kappa shape index (κ2) is 6.04. The summed E-state index contributed by atoms with van der Waals surface area (Å²) in [5.74, 6) is 0. The maximum absolute atomic E-state index is 6.73. The van der Waals surface area contributed by atoms with E-state index in [1.165, 1.54) is 12.8 Å². The topological polar surface area (TPSA) is 9.23 Å². The van der Waals surface area contributed by atoms with E-state index in [2.05, 4.69) is 85.7 Å². The molecule has 0 aromatic carbocycles. The van der Waals surface area contributed by atoms with Crippen LogP contribution in [-0.2, 0) is 4.43 Å². The second-order valence-corrected chi connectivity index (χ2v) is 40.1. The van der Waals surface area contributed by atoms with Crippen LogP contribution in [0.5, 0.6) is 0 Å². The highest BCUT2D eigenvalue weighted by Crippen LogP contribution is 2.70. The molecule has 1 heterocycles. The molecular weight excluding hydrogens is 361 g/mol. The van der Waals surface area contributed by atoms with E-state index in [4.69, 9.17) is 4.43 Å². The molecule has 1 rings (SSSR count). The van der Waals surface area contributed by atoms with Crippen LogP contribution in [0.4, 0.5) is 0 Å². The molecule has 0 aromatic heterocycles. The zero-order chi connectivity index (χ0) is 18.7. The van der Waals surface area contributed by atoms with E-state index in [1.54, 1.807) is 0 Å². The summed E-state index contributed by atoms with van der Waals surface area (Å²) in [6, 6.07) is 0. The maximum atomic E-state index is 6.73. The molecule has 1 fully saturated rings. The Morgan fingerprint density at radius 1 is 0.565 bits per heavy atom. The van der Waals surface area contributed by atoms with Gasteiger partial charge in [-0.15, -0.1) is 0 Å². The van der Waals surface area contributed by atoms with E-state index in [-0.39, 0.29) is 0 Å². The third-order valence-electron chi connectivity index (χ3n) is 7.40. The highest BCUT2D eigenvalue weighted by molar-refractivity contribution is 7.19. The van der Waals surface area contributed by atoms with Crippen LogP contribution >= 0.6 is 0 Å². The molecule has 0 atom stereocenters. The molecule has 1 aliphatic heterocycles. The first-order valence-electron chi connectivity index (χ1n) is 9.43. The molecule has 1 aliphatic rings. The van der Waals surface area contributed by atoms with Gasteiger partial charge in [0.05, 0.1) is 0 Å². The van der Waals surface area contributed by atoms with Crippen molar-refractivity contribution in [1.82, 2.24) is 0 Å². The largest absolute Gasteiger partial charge is 0.423 e. The van der Waals surface area contributed by atoms with Crippen molar-refractivity contribution in [2.24, 2.45) is 0 Å². The van der Waals surface area contributed by atoms with Crippen LogP contribution in [0.1, 0.15) is 12.8 Å². The normalized spacial score (nSPS) is 23.3. The van der Waals surface area contributed by atoms with E-state index in [9.17, 15) is 0 Å². The van der Waals surface area contributed by atoms with E-state index in [0.717, 1.165) is 0 Å². The van der Waals surface area contributed by atoms with Crippen LogP contribution in [0.15, 0.2) is 0 Å². The monoisotopic (exact) mass is 404 g/mol. The fourth-order valence-electron chi connectivity index (χ4n) is 6.80. The molecule has 6 heteroatoms. The fourth-order valence-corrected chi connectivity index (χ4v) is 49.4. The van der Waals surface area contributed by atoms with Gasteiger partial charge in [0.2, 0.25) is 0 Å². The third kappa shape index (κ3) is 3.03. The van der Waals surface area contributed by atoms with Crippen molar-refractivity contribution < 1.29 is 4.43 Å². The molecule has 0 N–H and O–H groups in total. The Kier molecular flexibility index (Phi) is 5.80. The Bertz CT molecular complexity index is 366. The number of hydrogen-bond donors (Lipinski definition) is 0. The van der Waals surface area contributed by atoms with Crippen LogP contribution in [-0.4, -0.2) is 48.4 Å². The van der Waals surface area contributed by atoms with E-state index in [0.29, 0.717) is 8.57 Å². The van der Waals surface area contributed by atoms with Crippen molar-refractivity contribution in [3.63, 3.8) is 0 Å². The lowest BCUT2D eigenvalue weighted by Gasteiger charge is -2.59. The Morgan fingerprint density at radius 3 is 0.913 bits per heavy atom. The minimum absolute atomic E-state index is 0.648. The molecule has 0 aromatic rings. The van der Waals surface area contributed by atoms with Crippen molar-refractivity contribution in [1.29, 1.82) is 0 Å². The van der Waals surface area contributed by atoms with Crippen molar-refractivity contribution in [2.75, 3.05) is 7.11 Å². The molecule has 138 valence electrons. The van der Waals surface area contributed by atoms with E-state index in [1.807, 2.05) is 0 Å². The zero-order valence-electron chi connectivity index (χ0n) is 18.4. The van der Waals surface area contributed by atoms with Gasteiger partial charge in [-0.2, -0.15) is 0 Å². The average molecular weight is 405 g/mol. The summed E-state index contributed by atoms with van der Waals surface area (Å²) in [6.45, 7) is 31.9. The van der Waals surface area contributed by atoms with Gasteiger partial charge in [-0.1, -0.05) is 91.4 Å². The lowest BCUT2D eigenvalue weighted by Crippen LogP contribution is -2.69. The zero-order valence-corrected chi connectivity index (χ0v) is 23.6. The highest BCUT2D eigenvalue weighted by Gasteiger charge is 2.73. The molecule has 1 saturated heterocycles. The van der Waals surface area contributed by atoms with Crippen LogP contribution in [0.3, 0.4) is 0 Å². The molecule has 1 nitrogen and oxygen atoms in total. The van der Waals surface area contributed by atoms with Gasteiger partial charge in [0.25, 0.3) is 0 Å². The number of rotatable bonds is 5. The first-order valence-corrected chi connectivity index (χ1v) is 25.1. The summed E-state index contributed by atoms with van der Waals surface area (Å²) >= 11 is 0. The Labute approximate surface area is 152 Å². The molecule has 0 unspecified atom stereocenters. The fraction of sp³-hybridized carbons (Fsp3) is 1.00. The van der Waals surface area contributed by atoms with Gasteiger partial charge < -0.3 is 4.43 Å². The van der Waals surface area contributed by atoms with Gasteiger partial charge in [0.1, 0.15) is 0 Å². The molecule has 0 bridgehead atoms. The van der Waals surface area contributed by atoms with Crippen LogP contribution in [0.2, 0.25) is 87.1 Å². The SMILES string of the molecule is CO[SiH]1C([Si](C)(C)C)([Si](C)(C)C)CCC1([Si](C)(C)C)[Si](C)(C)C. The summed E-state index contributed by atoms with van der Waals surface area (Å²) in [5, 5.41) is 0. The predicted molar refractivity (Wildman–Crippen MR) is 122 cm³/mol. The van der Waals surface area contributed by atoms with Gasteiger partial charge in [-0.25, -0.2) is 0 Å². The average Bonchev–Trinajstić information content (AvgIpc) is 2.62. The lowest BCUT2D eigenvalue weighted by atomic mass is 10.4. The van der Waals surface area contributed by atoms with Crippen molar-refractivity contribution in [3.05, 3.63) is 0 Å². The van der Waals surface area contributed by atoms with Gasteiger partial charge in [0.15, 0.2) is 9.04 Å². The Balaban J connectivity index is 3.78. The molecule has 0 radical (unpaired) electrons. The molecule has 0 amide bonds. The van der Waals surface area contributed by atoms with Gasteiger partial charge in [-0.3, -0.25) is 0 Å². The Hall–Kier alpha value is 1.04.